The van der Waals surface area contributed by atoms with Crippen molar-refractivity contribution in [2.45, 2.75) is 0 Å². The number of aromatic amines is 1. The first-order chi connectivity index (χ1) is 11.2. The van der Waals surface area contributed by atoms with Crippen molar-refractivity contribution in [1.82, 2.24) is 4.98 Å². The first-order valence-electron chi connectivity index (χ1n) is 7.10. The molecule has 1 heterocycles. The maximum Gasteiger partial charge on any atom is 0.198 e. The standard InChI is InChI=1S/C18H17NO4/c1-21-11-7-8-13(16(9-11)23-3)18(20)14-10-19-17-12(14)5-4-6-15(17)22-2/h4-10,19H,1-3H3. The van der Waals surface area contributed by atoms with Crippen LogP contribution in [0, 0.1) is 0 Å². The van der Waals surface area contributed by atoms with Crippen LogP contribution in [0.5, 0.6) is 17.2 Å². The maximum atomic E-state index is 12.9. The van der Waals surface area contributed by atoms with E-state index >= 15 is 0 Å². The molecule has 0 radical (unpaired) electrons. The first-order valence-corrected chi connectivity index (χ1v) is 7.10. The fourth-order valence-corrected chi connectivity index (χ4v) is 2.62. The van der Waals surface area contributed by atoms with Crippen LogP contribution < -0.4 is 14.2 Å². The minimum absolute atomic E-state index is 0.121. The van der Waals surface area contributed by atoms with Gasteiger partial charge in [-0.25, -0.2) is 0 Å². The fourth-order valence-electron chi connectivity index (χ4n) is 2.62. The third-order valence-electron chi connectivity index (χ3n) is 3.80. The summed E-state index contributed by atoms with van der Waals surface area (Å²) in [6.45, 7) is 0. The van der Waals surface area contributed by atoms with Crippen molar-refractivity contribution in [3.63, 3.8) is 0 Å². The van der Waals surface area contributed by atoms with Gasteiger partial charge >= 0.3 is 0 Å². The van der Waals surface area contributed by atoms with E-state index in [0.29, 0.717) is 28.4 Å². The molecule has 0 saturated heterocycles. The number of benzene rings is 2. The van der Waals surface area contributed by atoms with E-state index in [1.54, 1.807) is 38.6 Å². The summed E-state index contributed by atoms with van der Waals surface area (Å²) in [5.74, 6) is 1.69. The van der Waals surface area contributed by atoms with Crippen molar-refractivity contribution in [1.29, 1.82) is 0 Å². The molecule has 0 atom stereocenters. The Kier molecular flexibility index (Phi) is 3.93. The topological polar surface area (TPSA) is 60.6 Å². The lowest BCUT2D eigenvalue weighted by Gasteiger charge is -2.09. The number of aromatic nitrogens is 1. The number of methoxy groups -OCH3 is 3. The molecule has 0 bridgehead atoms. The van der Waals surface area contributed by atoms with Gasteiger partial charge in [0.05, 0.1) is 32.4 Å². The second kappa shape index (κ2) is 6.04. The molecular formula is C18H17NO4. The van der Waals surface area contributed by atoms with E-state index < -0.39 is 0 Å². The Labute approximate surface area is 133 Å². The molecule has 0 saturated carbocycles. The molecule has 2 aromatic carbocycles. The number of hydrogen-bond donors (Lipinski definition) is 1. The Balaban J connectivity index is 2.11. The lowest BCUT2D eigenvalue weighted by Crippen LogP contribution is -2.03. The number of nitrogens with one attached hydrogen (secondary N) is 1. The third-order valence-corrected chi connectivity index (χ3v) is 3.80. The van der Waals surface area contributed by atoms with E-state index in [4.69, 9.17) is 14.2 Å². The molecule has 0 aliphatic heterocycles. The molecule has 5 nitrogen and oxygen atoms in total. The van der Waals surface area contributed by atoms with Crippen LogP contribution in [0.4, 0.5) is 0 Å². The van der Waals surface area contributed by atoms with Crippen LogP contribution in [0.1, 0.15) is 15.9 Å². The van der Waals surface area contributed by atoms with Crippen molar-refractivity contribution in [2.24, 2.45) is 0 Å². The highest BCUT2D eigenvalue weighted by Gasteiger charge is 2.19. The molecule has 23 heavy (non-hydrogen) atoms. The Bertz CT molecular complexity index is 867. The quantitative estimate of drug-likeness (QED) is 0.733. The Morgan fingerprint density at radius 3 is 2.39 bits per heavy atom. The number of H-pyrrole nitrogens is 1. The van der Waals surface area contributed by atoms with Gasteiger partial charge in [-0.3, -0.25) is 4.79 Å². The molecule has 0 aliphatic rings. The zero-order valence-electron chi connectivity index (χ0n) is 13.2. The minimum atomic E-state index is -0.121. The molecule has 1 aromatic heterocycles. The van der Waals surface area contributed by atoms with Crippen LogP contribution in [0.3, 0.4) is 0 Å². The number of ether oxygens (including phenoxy) is 3. The molecule has 0 fully saturated rings. The molecular weight excluding hydrogens is 294 g/mol. The predicted octanol–water partition coefficient (Wildman–Crippen LogP) is 3.42. The molecule has 0 aliphatic carbocycles. The number of para-hydroxylation sites is 1. The smallest absolute Gasteiger partial charge is 0.198 e. The van der Waals surface area contributed by atoms with Crippen LogP contribution >= 0.6 is 0 Å². The van der Waals surface area contributed by atoms with E-state index in [1.165, 1.54) is 7.11 Å². The van der Waals surface area contributed by atoms with Crippen LogP contribution in [0.2, 0.25) is 0 Å². The largest absolute Gasteiger partial charge is 0.497 e. The molecule has 5 heteroatoms. The second-order valence-electron chi connectivity index (χ2n) is 4.98. The van der Waals surface area contributed by atoms with Crippen LogP contribution in [0.15, 0.2) is 42.6 Å². The lowest BCUT2D eigenvalue weighted by atomic mass is 10.0. The number of ketones is 1. The SMILES string of the molecule is COc1ccc(C(=O)c2c[nH]c3c(OC)cccc23)c(OC)c1. The zero-order valence-corrected chi connectivity index (χ0v) is 13.2. The van der Waals surface area contributed by atoms with Gasteiger partial charge in [0, 0.05) is 23.2 Å². The number of hydrogen-bond acceptors (Lipinski definition) is 4. The van der Waals surface area contributed by atoms with E-state index in [-0.39, 0.29) is 5.78 Å². The summed E-state index contributed by atoms with van der Waals surface area (Å²) in [5, 5.41) is 0.812. The summed E-state index contributed by atoms with van der Waals surface area (Å²) < 4.78 is 15.8. The third kappa shape index (κ3) is 2.50. The molecule has 118 valence electrons. The normalized spacial score (nSPS) is 10.6. The van der Waals surface area contributed by atoms with Crippen LogP contribution in [0.25, 0.3) is 10.9 Å². The van der Waals surface area contributed by atoms with E-state index in [9.17, 15) is 4.79 Å². The van der Waals surface area contributed by atoms with Crippen molar-refractivity contribution in [2.75, 3.05) is 21.3 Å². The highest BCUT2D eigenvalue weighted by Crippen LogP contribution is 2.31. The summed E-state index contributed by atoms with van der Waals surface area (Å²) in [7, 11) is 4.70. The maximum absolute atomic E-state index is 12.9. The monoisotopic (exact) mass is 311 g/mol. The molecule has 3 rings (SSSR count). The van der Waals surface area contributed by atoms with Crippen molar-refractivity contribution < 1.29 is 19.0 Å². The summed E-state index contributed by atoms with van der Waals surface area (Å²) >= 11 is 0. The molecule has 0 amide bonds. The lowest BCUT2D eigenvalue weighted by molar-refractivity contribution is 0.103. The van der Waals surface area contributed by atoms with Gasteiger partial charge in [-0.1, -0.05) is 12.1 Å². The summed E-state index contributed by atoms with van der Waals surface area (Å²) in [4.78, 5) is 16.0. The van der Waals surface area contributed by atoms with Gasteiger partial charge in [-0.2, -0.15) is 0 Å². The Morgan fingerprint density at radius 2 is 1.70 bits per heavy atom. The average Bonchev–Trinajstić information content (AvgIpc) is 3.04. The van der Waals surface area contributed by atoms with Crippen molar-refractivity contribution in [3.8, 4) is 17.2 Å². The van der Waals surface area contributed by atoms with Gasteiger partial charge < -0.3 is 19.2 Å². The van der Waals surface area contributed by atoms with Crippen molar-refractivity contribution in [3.05, 3.63) is 53.7 Å². The summed E-state index contributed by atoms with van der Waals surface area (Å²) in [5.41, 5.74) is 1.85. The minimum Gasteiger partial charge on any atom is -0.497 e. The number of fused-ring (bicyclic) bond motifs is 1. The van der Waals surface area contributed by atoms with E-state index in [1.807, 2.05) is 18.2 Å². The summed E-state index contributed by atoms with van der Waals surface area (Å²) in [6.07, 6.45) is 1.69. The molecule has 0 unspecified atom stereocenters. The van der Waals surface area contributed by atoms with Crippen molar-refractivity contribution >= 4 is 16.7 Å². The molecule has 1 N–H and O–H groups in total. The van der Waals surface area contributed by atoms with Crippen LogP contribution in [-0.4, -0.2) is 32.1 Å². The van der Waals surface area contributed by atoms with Crippen LogP contribution in [-0.2, 0) is 0 Å². The van der Waals surface area contributed by atoms with Gasteiger partial charge in [-0.05, 0) is 18.2 Å². The highest BCUT2D eigenvalue weighted by molar-refractivity contribution is 6.18. The Hall–Kier alpha value is -2.95. The van der Waals surface area contributed by atoms with E-state index in [2.05, 4.69) is 4.98 Å². The fraction of sp³-hybridized carbons (Fsp3) is 0.167. The van der Waals surface area contributed by atoms with Gasteiger partial charge in [0.25, 0.3) is 0 Å². The first kappa shape index (κ1) is 15.0. The van der Waals surface area contributed by atoms with Gasteiger partial charge in [0.15, 0.2) is 5.78 Å². The van der Waals surface area contributed by atoms with Gasteiger partial charge in [0.2, 0.25) is 0 Å². The van der Waals surface area contributed by atoms with Gasteiger partial charge in [0.1, 0.15) is 17.2 Å². The van der Waals surface area contributed by atoms with Gasteiger partial charge in [-0.15, -0.1) is 0 Å². The number of rotatable bonds is 5. The zero-order chi connectivity index (χ0) is 16.4. The Morgan fingerprint density at radius 1 is 0.913 bits per heavy atom. The van der Waals surface area contributed by atoms with E-state index in [0.717, 1.165) is 10.9 Å². The second-order valence-corrected chi connectivity index (χ2v) is 4.98. The highest BCUT2D eigenvalue weighted by atomic mass is 16.5. The average molecular weight is 311 g/mol. The number of carbonyl (C=O) groups excluding carboxylic acids is 1. The summed E-state index contributed by atoms with van der Waals surface area (Å²) in [6, 6.07) is 10.7. The molecule has 3 aromatic rings. The predicted molar refractivity (Wildman–Crippen MR) is 87.8 cm³/mol. The molecule has 0 spiro atoms. The number of carbonyl (C=O) groups is 1.